The maximum atomic E-state index is 14.6. The molecular formula is C51H52N8O5. The van der Waals surface area contributed by atoms with Crippen molar-refractivity contribution in [2.45, 2.75) is 89.0 Å². The number of carbonyl (C=O) groups is 4. The lowest BCUT2D eigenvalue weighted by atomic mass is 9.96. The van der Waals surface area contributed by atoms with Crippen LogP contribution in [-0.2, 0) is 19.1 Å². The summed E-state index contributed by atoms with van der Waals surface area (Å²) in [5, 5.41) is 10.1. The summed E-state index contributed by atoms with van der Waals surface area (Å²) in [6.07, 6.45) is 5.68. The minimum absolute atomic E-state index is 0.00429. The summed E-state index contributed by atoms with van der Waals surface area (Å²) in [5.41, 5.74) is 6.56. The first kappa shape index (κ1) is 40.0. The summed E-state index contributed by atoms with van der Waals surface area (Å²) in [6.45, 7) is 4.42. The van der Waals surface area contributed by atoms with Gasteiger partial charge in [0.15, 0.2) is 0 Å². The zero-order valence-corrected chi connectivity index (χ0v) is 36.3. The highest BCUT2D eigenvalue weighted by Crippen LogP contribution is 2.51. The molecule has 4 fully saturated rings. The number of H-pyrrole nitrogens is 2. The fourth-order valence-corrected chi connectivity index (χ4v) is 10.9. The fourth-order valence-electron chi connectivity index (χ4n) is 10.9. The topological polar surface area (TPSA) is 165 Å². The number of imidazole rings is 2. The highest BCUT2D eigenvalue weighted by Gasteiger charge is 2.52. The van der Waals surface area contributed by atoms with E-state index in [1.165, 1.54) is 7.11 Å². The smallest absolute Gasteiger partial charge is 0.407 e. The maximum absolute atomic E-state index is 14.6. The third-order valence-corrected chi connectivity index (χ3v) is 14.3. The van der Waals surface area contributed by atoms with Crippen LogP contribution in [-0.4, -0.2) is 79.3 Å². The summed E-state index contributed by atoms with van der Waals surface area (Å²) in [4.78, 5) is 74.9. The number of aromatic amines is 2. The second-order valence-electron chi connectivity index (χ2n) is 18.6. The molecule has 13 nitrogen and oxygen atoms in total. The van der Waals surface area contributed by atoms with Gasteiger partial charge >= 0.3 is 6.09 Å². The average molecular weight is 857 g/mol. The number of carbonyl (C=O) groups excluding carboxylic acids is 4. The number of rotatable bonds is 10. The SMILES string of the molecule is COC(=O)N[C@H](C(=O)N1CCC[C@H]1c1nc2ccc3cc(-c4ccc5c(ccc6nc([C@@H]7[C@H]8CC[C@H](C8)N7C(=O)[C@H](NC(=O)C7CC7)c7ccccc7)[nH]c65)c4)ccc3c2[nH]1)C(C)C. The lowest BCUT2D eigenvalue weighted by Gasteiger charge is -2.37. The highest BCUT2D eigenvalue weighted by molar-refractivity contribution is 6.07. The Morgan fingerprint density at radius 3 is 2.03 bits per heavy atom. The van der Waals surface area contributed by atoms with Crippen molar-refractivity contribution in [2.24, 2.45) is 17.8 Å². The van der Waals surface area contributed by atoms with Crippen molar-refractivity contribution in [1.29, 1.82) is 0 Å². The largest absolute Gasteiger partial charge is 0.453 e. The van der Waals surface area contributed by atoms with E-state index in [0.29, 0.717) is 12.5 Å². The number of hydrogen-bond acceptors (Lipinski definition) is 7. The zero-order valence-electron chi connectivity index (χ0n) is 36.3. The Morgan fingerprint density at radius 1 is 0.734 bits per heavy atom. The van der Waals surface area contributed by atoms with Crippen molar-refractivity contribution in [1.82, 2.24) is 40.4 Å². The molecule has 2 aliphatic carbocycles. The summed E-state index contributed by atoms with van der Waals surface area (Å²) in [7, 11) is 1.30. The molecule has 64 heavy (non-hydrogen) atoms. The molecule has 6 atom stereocenters. The van der Waals surface area contributed by atoms with Gasteiger partial charge in [0.05, 0.1) is 41.3 Å². The molecule has 2 aliphatic heterocycles. The molecule has 326 valence electrons. The van der Waals surface area contributed by atoms with Crippen molar-refractivity contribution in [2.75, 3.05) is 13.7 Å². The van der Waals surface area contributed by atoms with Crippen LogP contribution in [0, 0.1) is 17.8 Å². The minimum atomic E-state index is -0.736. The van der Waals surface area contributed by atoms with Gasteiger partial charge in [0.25, 0.3) is 5.91 Å². The normalized spacial score (nSPS) is 21.6. The van der Waals surface area contributed by atoms with Gasteiger partial charge in [0.2, 0.25) is 11.8 Å². The standard InChI is InChI=1S/C51H52N8O5/c1-27(2)41(57-51(63)64-3)49(61)58-23-7-10-40(58)46-52-38-21-16-32-24-30(14-19-36(32)43(38)54-46)31-15-20-37-33(25-31)17-22-39-44(37)55-47(53-39)45-34-13-18-35(26-34)59(45)50(62)42(28-8-5-4-6-9-28)56-48(60)29-11-12-29/h4-6,8-9,14-17,19-22,24-25,27,29,34-35,40-42,45H,7,10-13,18,23,26H2,1-3H3,(H,52,54)(H,53,55)(H,56,60)(H,57,63)/t34-,35+,40-,41-,42+,45-/m0/s1. The molecule has 13 heteroatoms. The van der Waals surface area contributed by atoms with Gasteiger partial charge in [-0.3, -0.25) is 14.4 Å². The first-order valence-electron chi connectivity index (χ1n) is 22.8. The number of alkyl carbamates (subject to hydrolysis) is 1. The number of amides is 4. The van der Waals surface area contributed by atoms with Gasteiger partial charge in [0, 0.05) is 29.3 Å². The Morgan fingerprint density at radius 2 is 1.39 bits per heavy atom. The Hall–Kier alpha value is -6.76. The predicted molar refractivity (Wildman–Crippen MR) is 245 cm³/mol. The van der Waals surface area contributed by atoms with Crippen LogP contribution in [0.15, 0.2) is 91.0 Å². The molecular weight excluding hydrogens is 805 g/mol. The van der Waals surface area contributed by atoms with Crippen molar-refractivity contribution >= 4 is 67.4 Å². The van der Waals surface area contributed by atoms with Gasteiger partial charge in [-0.05, 0) is 109 Å². The highest BCUT2D eigenvalue weighted by atomic mass is 16.5. The molecule has 4 heterocycles. The molecule has 4 N–H and O–H groups in total. The summed E-state index contributed by atoms with van der Waals surface area (Å²) < 4.78 is 4.81. The molecule has 2 aromatic heterocycles. The number of fused-ring (bicyclic) bond motifs is 8. The van der Waals surface area contributed by atoms with Gasteiger partial charge in [-0.2, -0.15) is 0 Å². The summed E-state index contributed by atoms with van der Waals surface area (Å²) >= 11 is 0. The number of ether oxygens (including phenoxy) is 1. The zero-order chi connectivity index (χ0) is 43.8. The second-order valence-corrected chi connectivity index (χ2v) is 18.6. The summed E-state index contributed by atoms with van der Waals surface area (Å²) in [6, 6.07) is 29.2. The number of piperidine rings is 1. The fraction of sp³-hybridized carbons (Fsp3) is 0.373. The van der Waals surface area contributed by atoms with E-state index in [1.807, 2.05) is 60.0 Å². The first-order valence-corrected chi connectivity index (χ1v) is 22.8. The van der Waals surface area contributed by atoms with E-state index in [9.17, 15) is 19.2 Å². The Bertz CT molecular complexity index is 2990. The van der Waals surface area contributed by atoms with Crippen molar-refractivity contribution in [3.05, 3.63) is 108 Å². The lowest BCUT2D eigenvalue weighted by molar-refractivity contribution is -0.141. The number of nitrogens with zero attached hydrogens (tertiary/aromatic N) is 4. The van der Waals surface area contributed by atoms with Crippen molar-refractivity contribution in [3.8, 4) is 11.1 Å². The van der Waals surface area contributed by atoms with Crippen molar-refractivity contribution in [3.63, 3.8) is 0 Å². The van der Waals surface area contributed by atoms with Crippen LogP contribution in [0.5, 0.6) is 0 Å². The monoisotopic (exact) mass is 856 g/mol. The van der Waals surface area contributed by atoms with Gasteiger partial charge in [-0.15, -0.1) is 0 Å². The van der Waals surface area contributed by atoms with Gasteiger partial charge in [0.1, 0.15) is 23.7 Å². The molecule has 4 amide bonds. The molecule has 11 rings (SSSR count). The quantitative estimate of drug-likeness (QED) is 0.107. The molecule has 0 spiro atoms. The van der Waals surface area contributed by atoms with E-state index in [1.54, 1.807) is 0 Å². The van der Waals surface area contributed by atoms with E-state index < -0.39 is 18.2 Å². The molecule has 2 saturated carbocycles. The molecule has 0 radical (unpaired) electrons. The first-order chi connectivity index (χ1) is 31.1. The Kier molecular flexibility index (Phi) is 9.88. The lowest BCUT2D eigenvalue weighted by Crippen LogP contribution is -2.51. The number of methoxy groups -OCH3 is 1. The van der Waals surface area contributed by atoms with Crippen LogP contribution in [0.25, 0.3) is 54.7 Å². The number of nitrogens with one attached hydrogen (secondary N) is 4. The van der Waals surface area contributed by atoms with E-state index >= 15 is 0 Å². The number of hydrogen-bond donors (Lipinski definition) is 4. The minimum Gasteiger partial charge on any atom is -0.453 e. The molecule has 2 bridgehead atoms. The number of benzene rings is 5. The van der Waals surface area contributed by atoms with Crippen molar-refractivity contribution < 1.29 is 23.9 Å². The van der Waals surface area contributed by atoms with Crippen LogP contribution >= 0.6 is 0 Å². The van der Waals surface area contributed by atoms with Gasteiger partial charge in [-0.1, -0.05) is 80.6 Å². The third-order valence-electron chi connectivity index (χ3n) is 14.3. The Labute approximate surface area is 370 Å². The molecule has 5 aromatic carbocycles. The third kappa shape index (κ3) is 6.92. The predicted octanol–water partition coefficient (Wildman–Crippen LogP) is 8.78. The number of aromatic nitrogens is 4. The molecule has 7 aromatic rings. The maximum Gasteiger partial charge on any atom is 0.407 e. The average Bonchev–Trinajstić information content (AvgIpc) is 3.80. The van der Waals surface area contributed by atoms with E-state index in [0.717, 1.165) is 117 Å². The van der Waals surface area contributed by atoms with Crippen LogP contribution < -0.4 is 10.6 Å². The number of likely N-dealkylation sites (tertiary alicyclic amines) is 2. The van der Waals surface area contributed by atoms with Gasteiger partial charge in [-0.25, -0.2) is 14.8 Å². The van der Waals surface area contributed by atoms with Crippen LogP contribution in [0.3, 0.4) is 0 Å². The Balaban J connectivity index is 0.867. The van der Waals surface area contributed by atoms with Crippen LogP contribution in [0.1, 0.15) is 94.1 Å². The molecule has 0 unspecified atom stereocenters. The van der Waals surface area contributed by atoms with Crippen LogP contribution in [0.2, 0.25) is 0 Å². The second kappa shape index (κ2) is 15.8. The van der Waals surface area contributed by atoms with E-state index in [4.69, 9.17) is 14.7 Å². The molecule has 4 aliphatic rings. The van der Waals surface area contributed by atoms with E-state index in [2.05, 4.69) is 75.2 Å². The molecule has 2 saturated heterocycles. The van der Waals surface area contributed by atoms with E-state index in [-0.39, 0.29) is 47.7 Å². The summed E-state index contributed by atoms with van der Waals surface area (Å²) in [5.74, 6) is 1.49. The van der Waals surface area contributed by atoms with Crippen LogP contribution in [0.4, 0.5) is 4.79 Å². The van der Waals surface area contributed by atoms with Gasteiger partial charge < -0.3 is 35.1 Å².